The lowest BCUT2D eigenvalue weighted by molar-refractivity contribution is 0.0960. The van der Waals surface area contributed by atoms with E-state index in [2.05, 4.69) is 19.1 Å². The third-order valence-electron chi connectivity index (χ3n) is 3.92. The second-order valence-corrected chi connectivity index (χ2v) is 5.05. The van der Waals surface area contributed by atoms with Crippen LogP contribution in [0.1, 0.15) is 28.8 Å². The molecule has 2 aromatic carbocycles. The lowest BCUT2D eigenvalue weighted by Gasteiger charge is -2.00. The summed E-state index contributed by atoms with van der Waals surface area (Å²) in [5, 5.41) is 0. The minimum Gasteiger partial charge on any atom is -0.294 e. The van der Waals surface area contributed by atoms with Crippen LogP contribution in [0.15, 0.2) is 60.7 Å². The highest BCUT2D eigenvalue weighted by Gasteiger charge is 2.51. The maximum absolute atomic E-state index is 12.4. The molecule has 1 saturated carbocycles. The van der Waals surface area contributed by atoms with Gasteiger partial charge in [-0.15, -0.1) is 0 Å². The van der Waals surface area contributed by atoms with Crippen molar-refractivity contribution in [3.63, 3.8) is 0 Å². The summed E-state index contributed by atoms with van der Waals surface area (Å²) in [6.45, 7) is 2.17. The zero-order valence-corrected chi connectivity index (χ0v) is 10.4. The van der Waals surface area contributed by atoms with Gasteiger partial charge in [0.05, 0.1) is 0 Å². The van der Waals surface area contributed by atoms with Crippen molar-refractivity contribution in [1.82, 2.24) is 0 Å². The molecule has 0 bridgehead atoms. The Morgan fingerprint density at radius 3 is 2.06 bits per heavy atom. The molecule has 1 aliphatic rings. The van der Waals surface area contributed by atoms with Crippen LogP contribution in [0, 0.1) is 11.8 Å². The molecule has 1 aliphatic carbocycles. The molecule has 18 heavy (non-hydrogen) atoms. The first kappa shape index (κ1) is 11.2. The van der Waals surface area contributed by atoms with Gasteiger partial charge in [0.2, 0.25) is 0 Å². The van der Waals surface area contributed by atoms with Crippen LogP contribution < -0.4 is 0 Å². The summed E-state index contributed by atoms with van der Waals surface area (Å²) in [5.41, 5.74) is 2.13. The SMILES string of the molecule is C[C@H]1[C@@H](C(=O)c2ccccc2)[C@@H]1c1ccccc1. The van der Waals surface area contributed by atoms with Crippen LogP contribution in [-0.2, 0) is 0 Å². The van der Waals surface area contributed by atoms with Gasteiger partial charge in [-0.1, -0.05) is 67.6 Å². The van der Waals surface area contributed by atoms with E-state index in [0.29, 0.717) is 11.8 Å². The predicted molar refractivity (Wildman–Crippen MR) is 72.6 cm³/mol. The maximum Gasteiger partial charge on any atom is 0.166 e. The van der Waals surface area contributed by atoms with Crippen molar-refractivity contribution < 1.29 is 4.79 Å². The molecule has 0 saturated heterocycles. The Morgan fingerprint density at radius 1 is 0.889 bits per heavy atom. The van der Waals surface area contributed by atoms with E-state index in [-0.39, 0.29) is 11.7 Å². The Kier molecular flexibility index (Phi) is 2.75. The van der Waals surface area contributed by atoms with Crippen LogP contribution in [0.4, 0.5) is 0 Å². The molecular formula is C17H16O. The summed E-state index contributed by atoms with van der Waals surface area (Å²) in [6.07, 6.45) is 0. The molecule has 3 rings (SSSR count). The van der Waals surface area contributed by atoms with Crippen LogP contribution >= 0.6 is 0 Å². The molecule has 0 heterocycles. The largest absolute Gasteiger partial charge is 0.294 e. The van der Waals surface area contributed by atoms with Crippen molar-refractivity contribution in [2.45, 2.75) is 12.8 Å². The Bertz CT molecular complexity index is 544. The predicted octanol–water partition coefficient (Wildman–Crippen LogP) is 3.92. The molecule has 0 aliphatic heterocycles. The first-order valence-electron chi connectivity index (χ1n) is 6.43. The van der Waals surface area contributed by atoms with E-state index in [1.54, 1.807) is 0 Å². The number of Topliss-reactive ketones (excluding diaryl/α,β-unsaturated/α-hetero) is 1. The van der Waals surface area contributed by atoms with E-state index in [9.17, 15) is 4.79 Å². The van der Waals surface area contributed by atoms with Gasteiger partial charge >= 0.3 is 0 Å². The summed E-state index contributed by atoms with van der Waals surface area (Å²) >= 11 is 0. The number of benzene rings is 2. The zero-order valence-electron chi connectivity index (χ0n) is 10.4. The topological polar surface area (TPSA) is 17.1 Å². The molecule has 3 atom stereocenters. The van der Waals surface area contributed by atoms with Crippen LogP contribution in [0.2, 0.25) is 0 Å². The molecule has 2 aromatic rings. The first-order chi connectivity index (χ1) is 8.79. The van der Waals surface area contributed by atoms with E-state index in [4.69, 9.17) is 0 Å². The highest BCUT2D eigenvalue weighted by atomic mass is 16.1. The lowest BCUT2D eigenvalue weighted by atomic mass is 10.0. The normalized spacial score (nSPS) is 25.7. The second-order valence-electron chi connectivity index (χ2n) is 5.05. The number of hydrogen-bond acceptors (Lipinski definition) is 1. The van der Waals surface area contributed by atoms with Crippen molar-refractivity contribution in [3.8, 4) is 0 Å². The number of hydrogen-bond donors (Lipinski definition) is 0. The highest BCUT2D eigenvalue weighted by molar-refractivity contribution is 6.00. The van der Waals surface area contributed by atoms with Gasteiger partial charge in [-0.2, -0.15) is 0 Å². The van der Waals surface area contributed by atoms with Gasteiger partial charge in [-0.05, 0) is 17.4 Å². The Balaban J connectivity index is 1.82. The molecule has 90 valence electrons. The molecule has 1 nitrogen and oxygen atoms in total. The van der Waals surface area contributed by atoms with Gasteiger partial charge in [0.25, 0.3) is 0 Å². The Hall–Kier alpha value is -1.89. The number of rotatable bonds is 3. The number of carbonyl (C=O) groups excluding carboxylic acids is 1. The van der Waals surface area contributed by atoms with E-state index < -0.39 is 0 Å². The van der Waals surface area contributed by atoms with Gasteiger partial charge in [0.1, 0.15) is 0 Å². The molecular weight excluding hydrogens is 220 g/mol. The molecule has 0 radical (unpaired) electrons. The third-order valence-corrected chi connectivity index (χ3v) is 3.92. The van der Waals surface area contributed by atoms with E-state index in [0.717, 1.165) is 5.56 Å². The highest BCUT2D eigenvalue weighted by Crippen LogP contribution is 2.54. The summed E-state index contributed by atoms with van der Waals surface area (Å²) in [6, 6.07) is 20.0. The zero-order chi connectivity index (χ0) is 12.5. The smallest absolute Gasteiger partial charge is 0.166 e. The molecule has 0 spiro atoms. The lowest BCUT2D eigenvalue weighted by Crippen LogP contribution is -2.03. The minimum absolute atomic E-state index is 0.162. The maximum atomic E-state index is 12.4. The second kappa shape index (κ2) is 4.41. The summed E-state index contributed by atoms with van der Waals surface area (Å²) in [5.74, 6) is 1.31. The Morgan fingerprint density at radius 2 is 1.44 bits per heavy atom. The van der Waals surface area contributed by atoms with Crippen molar-refractivity contribution in [2.75, 3.05) is 0 Å². The molecule has 0 unspecified atom stereocenters. The van der Waals surface area contributed by atoms with Gasteiger partial charge in [0.15, 0.2) is 5.78 Å². The molecule has 1 heteroatoms. The van der Waals surface area contributed by atoms with Crippen molar-refractivity contribution >= 4 is 5.78 Å². The van der Waals surface area contributed by atoms with Crippen LogP contribution in [0.5, 0.6) is 0 Å². The quantitative estimate of drug-likeness (QED) is 0.738. The van der Waals surface area contributed by atoms with E-state index in [1.807, 2.05) is 48.5 Å². The van der Waals surface area contributed by atoms with Gasteiger partial charge in [-0.3, -0.25) is 4.79 Å². The Labute approximate surface area is 107 Å². The summed E-state index contributed by atoms with van der Waals surface area (Å²) in [7, 11) is 0. The average molecular weight is 236 g/mol. The van der Waals surface area contributed by atoms with E-state index >= 15 is 0 Å². The average Bonchev–Trinajstić information content (AvgIpc) is 3.11. The molecule has 0 aromatic heterocycles. The fraction of sp³-hybridized carbons (Fsp3) is 0.235. The van der Waals surface area contributed by atoms with Crippen LogP contribution in [0.3, 0.4) is 0 Å². The van der Waals surface area contributed by atoms with Gasteiger partial charge in [-0.25, -0.2) is 0 Å². The summed E-state index contributed by atoms with van der Waals surface area (Å²) in [4.78, 5) is 12.4. The monoisotopic (exact) mass is 236 g/mol. The van der Waals surface area contributed by atoms with Crippen LogP contribution in [-0.4, -0.2) is 5.78 Å². The number of ketones is 1. The van der Waals surface area contributed by atoms with Gasteiger partial charge < -0.3 is 0 Å². The summed E-state index contributed by atoms with van der Waals surface area (Å²) < 4.78 is 0. The van der Waals surface area contributed by atoms with Gasteiger partial charge in [0, 0.05) is 11.5 Å². The molecule has 0 N–H and O–H groups in total. The molecule has 1 fully saturated rings. The number of carbonyl (C=O) groups is 1. The first-order valence-corrected chi connectivity index (χ1v) is 6.43. The minimum atomic E-state index is 0.162. The van der Waals surface area contributed by atoms with Crippen molar-refractivity contribution in [2.24, 2.45) is 11.8 Å². The van der Waals surface area contributed by atoms with Crippen molar-refractivity contribution in [3.05, 3.63) is 71.8 Å². The van der Waals surface area contributed by atoms with Crippen LogP contribution in [0.25, 0.3) is 0 Å². The fourth-order valence-corrected chi connectivity index (χ4v) is 2.85. The van der Waals surface area contributed by atoms with Crippen molar-refractivity contribution in [1.29, 1.82) is 0 Å². The third kappa shape index (κ3) is 1.86. The fourth-order valence-electron chi connectivity index (χ4n) is 2.85. The standard InChI is InChI=1S/C17H16O/c1-12-15(13-8-4-2-5-9-13)16(12)17(18)14-10-6-3-7-11-14/h2-12,15-16H,1H3/t12-,15+,16-/m1/s1. The molecule has 0 amide bonds. The van der Waals surface area contributed by atoms with E-state index in [1.165, 1.54) is 5.56 Å².